The van der Waals surface area contributed by atoms with Gasteiger partial charge in [0.15, 0.2) is 0 Å². The lowest BCUT2D eigenvalue weighted by atomic mass is 10.4. The van der Waals surface area contributed by atoms with Crippen LogP contribution in [0.5, 0.6) is 0 Å². The van der Waals surface area contributed by atoms with Gasteiger partial charge in [0.25, 0.3) is 0 Å². The highest BCUT2D eigenvalue weighted by molar-refractivity contribution is 5.87. The van der Waals surface area contributed by atoms with E-state index in [0.29, 0.717) is 12.8 Å². The van der Waals surface area contributed by atoms with Gasteiger partial charge in [-0.3, -0.25) is 0 Å². The number of imide groups is 1. The Bertz CT molecular complexity index is 127. The normalized spacial score (nSPS) is 22.6. The van der Waals surface area contributed by atoms with Gasteiger partial charge in [-0.1, -0.05) is 0 Å². The average molecular weight is 115 g/mol. The summed E-state index contributed by atoms with van der Waals surface area (Å²) < 4.78 is 0. The second-order valence-electron chi connectivity index (χ2n) is 1.76. The minimum atomic E-state index is -0.199. The van der Waals surface area contributed by atoms with E-state index in [1.165, 1.54) is 0 Å². The molecule has 0 aromatic rings. The summed E-state index contributed by atoms with van der Waals surface area (Å²) in [5.41, 5.74) is 0. The van der Waals surface area contributed by atoms with E-state index in [0.717, 1.165) is 0 Å². The molecular formula is C4H7N2O2+. The van der Waals surface area contributed by atoms with Crippen molar-refractivity contribution in [2.24, 2.45) is 5.84 Å². The molecular weight excluding hydrogens is 108 g/mol. The quantitative estimate of drug-likeness (QED) is 0.210. The molecule has 1 fully saturated rings. The predicted molar refractivity (Wildman–Crippen MR) is 24.4 cm³/mol. The predicted octanol–water partition coefficient (Wildman–Crippen LogP) is -2.41. The number of amides is 2. The van der Waals surface area contributed by atoms with Crippen molar-refractivity contribution in [2.45, 2.75) is 12.8 Å². The minimum absolute atomic E-state index is 0.0648. The summed E-state index contributed by atoms with van der Waals surface area (Å²) in [6, 6.07) is 0. The highest BCUT2D eigenvalue weighted by Gasteiger charge is 2.32. The Morgan fingerprint density at radius 1 is 1.25 bits per heavy atom. The molecule has 0 bridgehead atoms. The number of carbonyl (C=O) groups excluding carboxylic acids is 2. The monoisotopic (exact) mass is 115 g/mol. The van der Waals surface area contributed by atoms with Crippen LogP contribution in [0.1, 0.15) is 12.8 Å². The summed E-state index contributed by atoms with van der Waals surface area (Å²) in [4.78, 5) is 20.8. The Balaban J connectivity index is 2.70. The minimum Gasteiger partial charge on any atom is -0.228 e. The zero-order valence-electron chi connectivity index (χ0n) is 4.31. The van der Waals surface area contributed by atoms with Crippen molar-refractivity contribution in [1.82, 2.24) is 0 Å². The maximum absolute atomic E-state index is 10.4. The zero-order chi connectivity index (χ0) is 6.15. The molecule has 0 atom stereocenters. The molecule has 0 spiro atoms. The van der Waals surface area contributed by atoms with Gasteiger partial charge in [-0.15, -0.1) is 5.01 Å². The molecule has 2 amide bonds. The fraction of sp³-hybridized carbons (Fsp3) is 0.500. The number of hydrogen-bond acceptors (Lipinski definition) is 3. The molecule has 0 unspecified atom stereocenters. The van der Waals surface area contributed by atoms with Crippen molar-refractivity contribution in [3.63, 3.8) is 0 Å². The third-order valence-electron chi connectivity index (χ3n) is 1.18. The van der Waals surface area contributed by atoms with Crippen LogP contribution in [0.4, 0.5) is 0 Å². The third-order valence-corrected chi connectivity index (χ3v) is 1.18. The molecule has 0 aliphatic carbocycles. The van der Waals surface area contributed by atoms with Crippen LogP contribution in [0, 0.1) is 0 Å². The maximum Gasteiger partial charge on any atom is 0.339 e. The van der Waals surface area contributed by atoms with Gasteiger partial charge >= 0.3 is 11.8 Å². The first kappa shape index (κ1) is 5.40. The Kier molecular flexibility index (Phi) is 1.11. The standard InChI is InChI=1S/C4H6N2O2/c5-6-3(7)1-2-4(6)8/h1-2,5H2/p+1. The van der Waals surface area contributed by atoms with Gasteiger partial charge in [0.05, 0.1) is 12.8 Å². The van der Waals surface area contributed by atoms with Gasteiger partial charge in [-0.2, -0.15) is 5.84 Å². The number of rotatable bonds is 0. The number of nitrogens with one attached hydrogen (secondary N) is 1. The smallest absolute Gasteiger partial charge is 0.228 e. The molecule has 1 rings (SSSR count). The molecule has 0 saturated carbocycles. The SMILES string of the molecule is N[NH+]1C(=O)CCC1=O. The van der Waals surface area contributed by atoms with E-state index in [2.05, 4.69) is 0 Å². The molecule has 0 aromatic heterocycles. The van der Waals surface area contributed by atoms with Crippen molar-refractivity contribution in [2.75, 3.05) is 0 Å². The van der Waals surface area contributed by atoms with Crippen molar-refractivity contribution in [3.8, 4) is 0 Å². The van der Waals surface area contributed by atoms with E-state index < -0.39 is 0 Å². The van der Waals surface area contributed by atoms with Crippen LogP contribution in [-0.2, 0) is 9.59 Å². The third kappa shape index (κ3) is 0.635. The Morgan fingerprint density at radius 2 is 1.62 bits per heavy atom. The average Bonchev–Trinajstić information content (AvgIpc) is 1.98. The van der Waals surface area contributed by atoms with Crippen molar-refractivity contribution < 1.29 is 14.6 Å². The van der Waals surface area contributed by atoms with Crippen molar-refractivity contribution in [1.29, 1.82) is 0 Å². The van der Waals surface area contributed by atoms with Crippen LogP contribution in [0.25, 0.3) is 0 Å². The molecule has 44 valence electrons. The molecule has 8 heavy (non-hydrogen) atoms. The largest absolute Gasteiger partial charge is 0.339 e. The molecule has 1 aliphatic heterocycles. The fourth-order valence-corrected chi connectivity index (χ4v) is 0.652. The Labute approximate surface area is 46.2 Å². The van der Waals surface area contributed by atoms with E-state index >= 15 is 0 Å². The van der Waals surface area contributed by atoms with Crippen LogP contribution in [0.2, 0.25) is 0 Å². The number of hydrogen-bond donors (Lipinski definition) is 2. The first-order valence-corrected chi connectivity index (χ1v) is 2.40. The fourth-order valence-electron chi connectivity index (χ4n) is 0.652. The summed E-state index contributed by atoms with van der Waals surface area (Å²) in [5, 5.41) is -0.0648. The van der Waals surface area contributed by atoms with Gasteiger partial charge < -0.3 is 0 Å². The van der Waals surface area contributed by atoms with Gasteiger partial charge in [0.2, 0.25) is 0 Å². The summed E-state index contributed by atoms with van der Waals surface area (Å²) in [6.07, 6.45) is 0.620. The van der Waals surface area contributed by atoms with Gasteiger partial charge in [-0.25, -0.2) is 9.59 Å². The summed E-state index contributed by atoms with van der Waals surface area (Å²) >= 11 is 0. The number of carbonyl (C=O) groups is 2. The number of quaternary nitrogens is 1. The Morgan fingerprint density at radius 3 is 1.75 bits per heavy atom. The van der Waals surface area contributed by atoms with E-state index in [9.17, 15) is 9.59 Å². The number of nitrogens with two attached hydrogens (primary N) is 1. The van der Waals surface area contributed by atoms with E-state index in [4.69, 9.17) is 5.84 Å². The lowest BCUT2D eigenvalue weighted by Crippen LogP contribution is -3.20. The van der Waals surface area contributed by atoms with E-state index in [-0.39, 0.29) is 16.8 Å². The molecule has 1 saturated heterocycles. The van der Waals surface area contributed by atoms with Crippen molar-refractivity contribution >= 4 is 11.8 Å². The Hall–Kier alpha value is -0.740. The van der Waals surface area contributed by atoms with E-state index in [1.807, 2.05) is 0 Å². The molecule has 4 nitrogen and oxygen atoms in total. The van der Waals surface area contributed by atoms with Gasteiger partial charge in [0.1, 0.15) is 0 Å². The first-order chi connectivity index (χ1) is 3.72. The summed E-state index contributed by atoms with van der Waals surface area (Å²) in [6.45, 7) is 0. The summed E-state index contributed by atoms with van der Waals surface area (Å²) in [7, 11) is 0. The highest BCUT2D eigenvalue weighted by atomic mass is 16.2. The molecule has 0 aromatic carbocycles. The van der Waals surface area contributed by atoms with Crippen LogP contribution in [0.3, 0.4) is 0 Å². The van der Waals surface area contributed by atoms with Crippen LogP contribution in [0.15, 0.2) is 0 Å². The molecule has 3 N–H and O–H groups in total. The second-order valence-corrected chi connectivity index (χ2v) is 1.76. The summed E-state index contributed by atoms with van der Waals surface area (Å²) in [5.74, 6) is 4.64. The molecule has 4 heteroatoms. The van der Waals surface area contributed by atoms with Crippen LogP contribution < -0.4 is 10.9 Å². The van der Waals surface area contributed by atoms with E-state index in [1.54, 1.807) is 0 Å². The van der Waals surface area contributed by atoms with Gasteiger partial charge in [-0.05, 0) is 0 Å². The lowest BCUT2D eigenvalue weighted by Gasteiger charge is -1.92. The molecule has 1 heterocycles. The molecule has 1 aliphatic rings. The maximum atomic E-state index is 10.4. The van der Waals surface area contributed by atoms with Crippen LogP contribution in [-0.4, -0.2) is 11.8 Å². The first-order valence-electron chi connectivity index (χ1n) is 2.40. The van der Waals surface area contributed by atoms with Gasteiger partial charge in [0, 0.05) is 0 Å². The van der Waals surface area contributed by atoms with Crippen molar-refractivity contribution in [3.05, 3.63) is 0 Å². The molecule has 0 radical (unpaired) electrons. The van der Waals surface area contributed by atoms with Crippen LogP contribution >= 0.6 is 0 Å². The lowest BCUT2D eigenvalue weighted by molar-refractivity contribution is -0.744. The zero-order valence-corrected chi connectivity index (χ0v) is 4.31. The highest BCUT2D eigenvalue weighted by Crippen LogP contribution is 1.89. The second kappa shape index (κ2) is 1.65. The topological polar surface area (TPSA) is 64.6 Å².